The standard InChI is InChI=1S/C22H28F3N3O2S/c1-3-6-21(18-13-15(18)4-2)31(29,30)28-11-5-10-26-19-9-12-27-20-14-16(22(23,24)25)7-8-17(19)20/h6-9,12,14-15,18,28H,3-5,10-11,13H2,1-2H3,(H,26,27). The van der Waals surface area contributed by atoms with Crippen molar-refractivity contribution in [2.75, 3.05) is 18.4 Å². The number of pyridine rings is 1. The minimum Gasteiger partial charge on any atom is -0.384 e. The third-order valence-corrected chi connectivity index (χ3v) is 7.23. The monoisotopic (exact) mass is 455 g/mol. The molecule has 2 atom stereocenters. The minimum absolute atomic E-state index is 0.130. The van der Waals surface area contributed by atoms with Gasteiger partial charge >= 0.3 is 6.18 Å². The number of anilines is 1. The van der Waals surface area contributed by atoms with Crippen LogP contribution in [0.15, 0.2) is 41.4 Å². The minimum atomic E-state index is -4.42. The lowest BCUT2D eigenvalue weighted by atomic mass is 10.1. The van der Waals surface area contributed by atoms with Gasteiger partial charge in [-0.15, -0.1) is 0 Å². The summed E-state index contributed by atoms with van der Waals surface area (Å²) in [5, 5.41) is 3.75. The van der Waals surface area contributed by atoms with Crippen LogP contribution in [0.3, 0.4) is 0 Å². The van der Waals surface area contributed by atoms with Gasteiger partial charge in [-0.05, 0) is 49.3 Å². The van der Waals surface area contributed by atoms with Gasteiger partial charge in [0, 0.05) is 30.4 Å². The number of aromatic nitrogens is 1. The van der Waals surface area contributed by atoms with Crippen molar-refractivity contribution in [2.24, 2.45) is 11.8 Å². The number of hydrogen-bond donors (Lipinski definition) is 2. The lowest BCUT2D eigenvalue weighted by Crippen LogP contribution is -2.28. The van der Waals surface area contributed by atoms with E-state index >= 15 is 0 Å². The molecule has 2 aromatic rings. The Bertz CT molecular complexity index is 1050. The Balaban J connectivity index is 1.56. The first-order chi connectivity index (χ1) is 14.7. The Hall–Kier alpha value is -2.13. The highest BCUT2D eigenvalue weighted by atomic mass is 32.2. The van der Waals surface area contributed by atoms with Gasteiger partial charge in [-0.2, -0.15) is 13.2 Å². The second-order valence-corrected chi connectivity index (χ2v) is 9.56. The van der Waals surface area contributed by atoms with E-state index < -0.39 is 21.8 Å². The zero-order valence-corrected chi connectivity index (χ0v) is 18.5. The number of hydrogen-bond acceptors (Lipinski definition) is 4. The number of allylic oxidation sites excluding steroid dienone is 2. The van der Waals surface area contributed by atoms with Crippen molar-refractivity contribution in [1.29, 1.82) is 0 Å². The van der Waals surface area contributed by atoms with E-state index in [1.807, 2.05) is 6.92 Å². The molecule has 0 radical (unpaired) electrons. The molecule has 1 saturated carbocycles. The quantitative estimate of drug-likeness (QED) is 0.476. The van der Waals surface area contributed by atoms with Gasteiger partial charge in [-0.1, -0.05) is 32.4 Å². The van der Waals surface area contributed by atoms with Crippen molar-refractivity contribution in [3.63, 3.8) is 0 Å². The number of nitrogens with one attached hydrogen (secondary N) is 2. The van der Waals surface area contributed by atoms with Gasteiger partial charge in [0.05, 0.1) is 16.0 Å². The predicted molar refractivity (Wildman–Crippen MR) is 117 cm³/mol. The van der Waals surface area contributed by atoms with Crippen molar-refractivity contribution in [1.82, 2.24) is 9.71 Å². The highest BCUT2D eigenvalue weighted by molar-refractivity contribution is 7.93. The fraction of sp³-hybridized carbons (Fsp3) is 0.500. The Morgan fingerprint density at radius 3 is 2.65 bits per heavy atom. The highest BCUT2D eigenvalue weighted by Gasteiger charge is 2.42. The van der Waals surface area contributed by atoms with Crippen molar-refractivity contribution in [2.45, 2.75) is 45.7 Å². The first-order valence-electron chi connectivity index (χ1n) is 10.6. The molecule has 31 heavy (non-hydrogen) atoms. The molecule has 3 rings (SSSR count). The van der Waals surface area contributed by atoms with Crippen LogP contribution >= 0.6 is 0 Å². The molecule has 2 unspecified atom stereocenters. The summed E-state index contributed by atoms with van der Waals surface area (Å²) in [6.45, 7) is 4.75. The number of sulfonamides is 1. The topological polar surface area (TPSA) is 71.1 Å². The molecule has 0 aliphatic heterocycles. The first kappa shape index (κ1) is 23.5. The number of nitrogens with zero attached hydrogens (tertiary/aromatic N) is 1. The SMILES string of the molecule is CCC=C(C1CC1CC)S(=O)(=O)NCCCNc1ccnc2cc(C(F)(F)F)ccc12. The molecular formula is C22H28F3N3O2S. The van der Waals surface area contributed by atoms with Crippen molar-refractivity contribution in [3.05, 3.63) is 47.0 Å². The Labute approximate surface area is 181 Å². The van der Waals surface area contributed by atoms with E-state index in [9.17, 15) is 21.6 Å². The molecule has 1 aliphatic carbocycles. The molecular weight excluding hydrogens is 427 g/mol. The highest BCUT2D eigenvalue weighted by Crippen LogP contribution is 2.47. The molecule has 0 amide bonds. The maximum Gasteiger partial charge on any atom is 0.416 e. The van der Waals surface area contributed by atoms with Crippen LogP contribution in [0, 0.1) is 11.8 Å². The van der Waals surface area contributed by atoms with Crippen LogP contribution in [-0.4, -0.2) is 26.5 Å². The first-order valence-corrected chi connectivity index (χ1v) is 12.0. The van der Waals surface area contributed by atoms with E-state index in [4.69, 9.17) is 0 Å². The maximum atomic E-state index is 12.9. The summed E-state index contributed by atoms with van der Waals surface area (Å²) < 4.78 is 66.7. The van der Waals surface area contributed by atoms with Crippen LogP contribution in [0.1, 0.15) is 45.1 Å². The van der Waals surface area contributed by atoms with Crippen molar-refractivity contribution in [3.8, 4) is 0 Å². The smallest absolute Gasteiger partial charge is 0.384 e. The van der Waals surface area contributed by atoms with E-state index in [1.54, 1.807) is 12.1 Å². The summed E-state index contributed by atoms with van der Waals surface area (Å²) in [5.74, 6) is 0.583. The van der Waals surface area contributed by atoms with E-state index in [0.717, 1.165) is 25.0 Å². The maximum absolute atomic E-state index is 12.9. The average Bonchev–Trinajstić information content (AvgIpc) is 3.50. The normalized spacial score (nSPS) is 19.6. The van der Waals surface area contributed by atoms with Crippen LogP contribution in [0.4, 0.5) is 18.9 Å². The number of rotatable bonds is 10. The van der Waals surface area contributed by atoms with Crippen molar-refractivity contribution < 1.29 is 21.6 Å². The van der Waals surface area contributed by atoms with E-state index in [-0.39, 0.29) is 18.0 Å². The largest absolute Gasteiger partial charge is 0.416 e. The number of benzene rings is 1. The Morgan fingerprint density at radius 2 is 2.00 bits per heavy atom. The van der Waals surface area contributed by atoms with E-state index in [0.29, 0.717) is 41.3 Å². The third-order valence-electron chi connectivity index (χ3n) is 5.56. The summed E-state index contributed by atoms with van der Waals surface area (Å²) in [5.41, 5.74) is 0.178. The van der Waals surface area contributed by atoms with Gasteiger partial charge in [0.1, 0.15) is 0 Å². The van der Waals surface area contributed by atoms with Gasteiger partial charge in [0.2, 0.25) is 10.0 Å². The van der Waals surface area contributed by atoms with E-state index in [2.05, 4.69) is 21.9 Å². The fourth-order valence-electron chi connectivity index (χ4n) is 3.79. The second kappa shape index (κ2) is 9.56. The van der Waals surface area contributed by atoms with Gasteiger partial charge in [0.15, 0.2) is 0 Å². The van der Waals surface area contributed by atoms with E-state index in [1.165, 1.54) is 12.3 Å². The summed E-state index contributed by atoms with van der Waals surface area (Å²) in [4.78, 5) is 4.54. The zero-order chi connectivity index (χ0) is 22.6. The summed E-state index contributed by atoms with van der Waals surface area (Å²) in [6.07, 6.45) is 1.96. The third kappa shape index (κ3) is 5.77. The van der Waals surface area contributed by atoms with Gasteiger partial charge in [0.25, 0.3) is 0 Å². The van der Waals surface area contributed by atoms with Gasteiger partial charge in [-0.3, -0.25) is 4.98 Å². The number of halogens is 3. The summed E-state index contributed by atoms with van der Waals surface area (Å²) >= 11 is 0. The summed E-state index contributed by atoms with van der Waals surface area (Å²) in [7, 11) is -3.50. The van der Waals surface area contributed by atoms with Crippen LogP contribution in [0.2, 0.25) is 0 Å². The molecule has 1 fully saturated rings. The molecule has 0 bridgehead atoms. The van der Waals surface area contributed by atoms with Gasteiger partial charge in [-0.25, -0.2) is 13.1 Å². The van der Waals surface area contributed by atoms with Crippen LogP contribution in [0.25, 0.3) is 10.9 Å². The van der Waals surface area contributed by atoms with Gasteiger partial charge < -0.3 is 5.32 Å². The number of alkyl halides is 3. The molecule has 1 aromatic carbocycles. The molecule has 1 heterocycles. The Morgan fingerprint density at radius 1 is 1.23 bits per heavy atom. The Kier molecular flexibility index (Phi) is 7.26. The second-order valence-electron chi connectivity index (χ2n) is 7.79. The summed E-state index contributed by atoms with van der Waals surface area (Å²) in [6, 6.07) is 5.15. The molecule has 9 heteroatoms. The van der Waals surface area contributed by atoms with Crippen molar-refractivity contribution >= 4 is 26.6 Å². The van der Waals surface area contributed by atoms with Crippen LogP contribution in [0.5, 0.6) is 0 Å². The molecule has 1 aliphatic rings. The lowest BCUT2D eigenvalue weighted by Gasteiger charge is -2.13. The van der Waals surface area contributed by atoms with Crippen LogP contribution in [-0.2, 0) is 16.2 Å². The number of fused-ring (bicyclic) bond motifs is 1. The fourth-order valence-corrected chi connectivity index (χ4v) is 5.44. The molecule has 5 nitrogen and oxygen atoms in total. The molecule has 0 spiro atoms. The molecule has 1 aromatic heterocycles. The molecule has 0 saturated heterocycles. The van der Waals surface area contributed by atoms with Crippen LogP contribution < -0.4 is 10.0 Å². The zero-order valence-electron chi connectivity index (χ0n) is 17.7. The average molecular weight is 456 g/mol. The molecule has 2 N–H and O–H groups in total. The predicted octanol–water partition coefficient (Wildman–Crippen LogP) is 5.32. The lowest BCUT2D eigenvalue weighted by molar-refractivity contribution is -0.137. The molecule has 170 valence electrons.